The number of benzene rings is 1. The maximum atomic E-state index is 13.1. The highest BCUT2D eigenvalue weighted by Crippen LogP contribution is 2.39. The van der Waals surface area contributed by atoms with E-state index in [2.05, 4.69) is 9.97 Å². The van der Waals surface area contributed by atoms with Gasteiger partial charge in [-0.1, -0.05) is 23.9 Å². The zero-order valence-electron chi connectivity index (χ0n) is 12.4. The topological polar surface area (TPSA) is 63.1 Å². The minimum absolute atomic E-state index is 0.297. The summed E-state index contributed by atoms with van der Waals surface area (Å²) in [5, 5.41) is 11.9. The Morgan fingerprint density at radius 3 is 2.65 bits per heavy atom. The number of thioether (sulfide) groups is 1. The number of nitrogens with zero attached hydrogens (tertiary/aromatic N) is 2. The van der Waals surface area contributed by atoms with Crippen LogP contribution in [0.25, 0.3) is 21.3 Å². The highest BCUT2D eigenvalue weighted by molar-refractivity contribution is 8.00. The summed E-state index contributed by atoms with van der Waals surface area (Å²) in [6.07, 6.45) is 0. The number of rotatable bonds is 4. The molecule has 0 amide bonds. The normalized spacial score (nSPS) is 12.5. The van der Waals surface area contributed by atoms with Crippen LogP contribution in [0.3, 0.4) is 0 Å². The van der Waals surface area contributed by atoms with Crippen molar-refractivity contribution in [1.29, 1.82) is 0 Å². The van der Waals surface area contributed by atoms with Gasteiger partial charge in [-0.15, -0.1) is 11.3 Å². The van der Waals surface area contributed by atoms with Crippen molar-refractivity contribution in [2.75, 3.05) is 0 Å². The highest BCUT2D eigenvalue weighted by Gasteiger charge is 2.20. The number of carboxylic acid groups (broad SMARTS) is 1. The third-order valence-electron chi connectivity index (χ3n) is 3.30. The number of aryl methyl sites for hydroxylation is 1. The van der Waals surface area contributed by atoms with Gasteiger partial charge in [-0.2, -0.15) is 0 Å². The number of hydrogen-bond acceptors (Lipinski definition) is 5. The van der Waals surface area contributed by atoms with Crippen LogP contribution < -0.4 is 0 Å². The first-order chi connectivity index (χ1) is 11.0. The first kappa shape index (κ1) is 15.9. The van der Waals surface area contributed by atoms with Crippen LogP contribution in [0, 0.1) is 12.7 Å². The molecule has 1 N–H and O–H groups in total. The highest BCUT2D eigenvalue weighted by atomic mass is 32.2. The van der Waals surface area contributed by atoms with E-state index in [1.807, 2.05) is 5.38 Å². The number of hydrogen-bond donors (Lipinski definition) is 1. The first-order valence-corrected chi connectivity index (χ1v) is 8.63. The summed E-state index contributed by atoms with van der Waals surface area (Å²) >= 11 is 2.67. The largest absolute Gasteiger partial charge is 0.480 e. The molecule has 0 spiro atoms. The van der Waals surface area contributed by atoms with Crippen molar-refractivity contribution in [1.82, 2.24) is 9.97 Å². The van der Waals surface area contributed by atoms with Crippen LogP contribution in [0.4, 0.5) is 4.39 Å². The number of halogens is 1. The molecule has 1 aromatic carbocycles. The molecule has 0 fully saturated rings. The molecular weight excluding hydrogens is 335 g/mol. The summed E-state index contributed by atoms with van der Waals surface area (Å²) in [7, 11) is 0. The molecule has 2 aromatic heterocycles. The van der Waals surface area contributed by atoms with Gasteiger partial charge in [0.25, 0.3) is 0 Å². The van der Waals surface area contributed by atoms with Gasteiger partial charge in [0.2, 0.25) is 0 Å². The van der Waals surface area contributed by atoms with Crippen LogP contribution in [-0.2, 0) is 4.79 Å². The molecule has 0 radical (unpaired) electrons. The molecule has 1 unspecified atom stereocenters. The number of aliphatic carboxylic acids is 1. The predicted octanol–water partition coefficient (Wildman–Crippen LogP) is 4.37. The third-order valence-corrected chi connectivity index (χ3v) is 5.25. The lowest BCUT2D eigenvalue weighted by atomic mass is 10.1. The Labute approximate surface area is 140 Å². The van der Waals surface area contributed by atoms with Gasteiger partial charge in [0.05, 0.1) is 5.39 Å². The van der Waals surface area contributed by atoms with E-state index in [0.29, 0.717) is 10.9 Å². The maximum absolute atomic E-state index is 13.1. The van der Waals surface area contributed by atoms with Crippen molar-refractivity contribution in [2.24, 2.45) is 0 Å². The molecule has 4 nitrogen and oxygen atoms in total. The molecule has 23 heavy (non-hydrogen) atoms. The van der Waals surface area contributed by atoms with E-state index < -0.39 is 11.2 Å². The molecular formula is C16H13FN2O2S2. The molecule has 2 heterocycles. The van der Waals surface area contributed by atoms with E-state index in [1.165, 1.54) is 35.2 Å². The molecule has 3 aromatic rings. The maximum Gasteiger partial charge on any atom is 0.316 e. The second kappa shape index (κ2) is 6.25. The number of fused-ring (bicyclic) bond motifs is 1. The predicted molar refractivity (Wildman–Crippen MR) is 90.5 cm³/mol. The van der Waals surface area contributed by atoms with Gasteiger partial charge in [-0.3, -0.25) is 4.79 Å². The minimum atomic E-state index is -0.891. The molecule has 7 heteroatoms. The van der Waals surface area contributed by atoms with Crippen LogP contribution in [-0.4, -0.2) is 26.3 Å². The summed E-state index contributed by atoms with van der Waals surface area (Å²) in [5.74, 6) is -0.586. The van der Waals surface area contributed by atoms with E-state index in [9.17, 15) is 9.18 Å². The second-order valence-corrected chi connectivity index (χ2v) is 7.20. The van der Waals surface area contributed by atoms with Gasteiger partial charge in [0, 0.05) is 10.9 Å². The van der Waals surface area contributed by atoms with Crippen molar-refractivity contribution in [3.05, 3.63) is 41.3 Å². The van der Waals surface area contributed by atoms with Crippen molar-refractivity contribution < 1.29 is 14.3 Å². The number of carbonyl (C=O) groups is 1. The van der Waals surface area contributed by atoms with Crippen molar-refractivity contribution >= 4 is 39.3 Å². The quantitative estimate of drug-likeness (QED) is 0.560. The Bertz CT molecular complexity index is 878. The van der Waals surface area contributed by atoms with Crippen molar-refractivity contribution in [3.8, 4) is 11.1 Å². The zero-order chi connectivity index (χ0) is 16.6. The molecule has 0 saturated heterocycles. The number of thiophene rings is 1. The average Bonchev–Trinajstić information content (AvgIpc) is 2.91. The summed E-state index contributed by atoms with van der Waals surface area (Å²) in [4.78, 5) is 20.8. The zero-order valence-corrected chi connectivity index (χ0v) is 14.0. The first-order valence-electron chi connectivity index (χ1n) is 6.87. The third kappa shape index (κ3) is 3.20. The fourth-order valence-corrected chi connectivity index (χ4v) is 4.16. The molecule has 0 aliphatic carbocycles. The van der Waals surface area contributed by atoms with Crippen LogP contribution in [0.15, 0.2) is 34.7 Å². The lowest BCUT2D eigenvalue weighted by Crippen LogP contribution is -2.11. The van der Waals surface area contributed by atoms with Gasteiger partial charge in [0.15, 0.2) is 0 Å². The van der Waals surface area contributed by atoms with Crippen molar-refractivity contribution in [3.63, 3.8) is 0 Å². The standard InChI is InChI=1S/C16H13FN2O2S2/c1-8(16(20)21)23-15-13-12(10-3-5-11(17)6-4-10)7-22-14(13)18-9(2)19-15/h3-8H,1-2H3,(H,20,21). The minimum Gasteiger partial charge on any atom is -0.480 e. The van der Waals surface area contributed by atoms with Crippen molar-refractivity contribution in [2.45, 2.75) is 24.1 Å². The van der Waals surface area contributed by atoms with Gasteiger partial charge < -0.3 is 5.11 Å². The van der Waals surface area contributed by atoms with Crippen LogP contribution in [0.2, 0.25) is 0 Å². The molecule has 118 valence electrons. The van der Waals surface area contributed by atoms with Gasteiger partial charge in [-0.25, -0.2) is 14.4 Å². The molecule has 1 atom stereocenters. The van der Waals surface area contributed by atoms with Gasteiger partial charge >= 0.3 is 5.97 Å². The van der Waals surface area contributed by atoms with Crippen LogP contribution >= 0.6 is 23.1 Å². The Morgan fingerprint density at radius 1 is 1.30 bits per heavy atom. The Morgan fingerprint density at radius 2 is 2.00 bits per heavy atom. The van der Waals surface area contributed by atoms with E-state index >= 15 is 0 Å². The second-order valence-electron chi connectivity index (χ2n) is 5.01. The average molecular weight is 348 g/mol. The van der Waals surface area contributed by atoms with E-state index in [1.54, 1.807) is 26.0 Å². The molecule has 0 saturated carbocycles. The fraction of sp³-hybridized carbons (Fsp3) is 0.188. The van der Waals surface area contributed by atoms with Gasteiger partial charge in [0.1, 0.15) is 26.7 Å². The number of aromatic nitrogens is 2. The van der Waals surface area contributed by atoms with Crippen LogP contribution in [0.1, 0.15) is 12.7 Å². The Balaban J connectivity index is 2.16. The summed E-state index contributed by atoms with van der Waals surface area (Å²) in [6, 6.07) is 6.21. The Kier molecular flexibility index (Phi) is 4.32. The lowest BCUT2D eigenvalue weighted by Gasteiger charge is -2.09. The summed E-state index contributed by atoms with van der Waals surface area (Å²) < 4.78 is 13.1. The van der Waals surface area contributed by atoms with E-state index in [-0.39, 0.29) is 5.82 Å². The Hall–Kier alpha value is -1.99. The molecule has 0 aliphatic heterocycles. The van der Waals surface area contributed by atoms with Gasteiger partial charge in [-0.05, 0) is 31.5 Å². The molecule has 3 rings (SSSR count). The summed E-state index contributed by atoms with van der Waals surface area (Å²) in [5.41, 5.74) is 1.75. The molecule has 0 aliphatic rings. The molecule has 0 bridgehead atoms. The SMILES string of the molecule is Cc1nc(SC(C)C(=O)O)c2c(-c3ccc(F)cc3)csc2n1. The smallest absolute Gasteiger partial charge is 0.316 e. The monoisotopic (exact) mass is 348 g/mol. The van der Waals surface area contributed by atoms with E-state index in [0.717, 1.165) is 21.3 Å². The summed E-state index contributed by atoms with van der Waals surface area (Å²) in [6.45, 7) is 3.41. The lowest BCUT2D eigenvalue weighted by molar-refractivity contribution is -0.136. The van der Waals surface area contributed by atoms with E-state index in [4.69, 9.17) is 5.11 Å². The number of carboxylic acids is 1. The van der Waals surface area contributed by atoms with Crippen LogP contribution in [0.5, 0.6) is 0 Å². The fourth-order valence-electron chi connectivity index (χ4n) is 2.16.